The summed E-state index contributed by atoms with van der Waals surface area (Å²) in [5, 5.41) is 10.6. The van der Waals surface area contributed by atoms with Crippen LogP contribution in [0.5, 0.6) is 0 Å². The molecular weight excluding hydrogens is 173 g/mol. The van der Waals surface area contributed by atoms with Gasteiger partial charge in [0.15, 0.2) is 5.15 Å². The molecule has 0 saturated carbocycles. The number of nitrogens with zero attached hydrogens (tertiary/aromatic N) is 2. The lowest BCUT2D eigenvalue weighted by Crippen LogP contribution is -1.92. The minimum Gasteiger partial charge on any atom is -0.386 e. The molecule has 0 aliphatic carbocycles. The van der Waals surface area contributed by atoms with Gasteiger partial charge in [0.1, 0.15) is 5.02 Å². The van der Waals surface area contributed by atoms with Gasteiger partial charge in [-0.25, -0.2) is 0 Å². The fraction of sp³-hybridized carbons (Fsp3) is 0.200. The fourth-order valence-corrected chi connectivity index (χ4v) is 0.850. The Morgan fingerprint density at radius 2 is 2.20 bits per heavy atom. The zero-order chi connectivity index (χ0) is 7.56. The first-order chi connectivity index (χ1) is 4.75. The van der Waals surface area contributed by atoms with Gasteiger partial charge in [0, 0.05) is 7.05 Å². The third-order valence-electron chi connectivity index (χ3n) is 1.02. The highest BCUT2D eigenvalue weighted by atomic mass is 35.5. The smallest absolute Gasteiger partial charge is 0.172 e. The molecule has 0 atom stereocenters. The molecule has 1 aromatic heterocycles. The Balaban J connectivity index is 3.14. The predicted octanol–water partition coefficient (Wildman–Crippen LogP) is 1.83. The molecule has 0 spiro atoms. The van der Waals surface area contributed by atoms with Gasteiger partial charge in [-0.1, -0.05) is 23.2 Å². The van der Waals surface area contributed by atoms with Gasteiger partial charge in [-0.05, 0) is 0 Å². The van der Waals surface area contributed by atoms with Crippen LogP contribution in [0.25, 0.3) is 0 Å². The molecule has 0 aliphatic heterocycles. The van der Waals surface area contributed by atoms with E-state index in [1.165, 1.54) is 6.20 Å². The van der Waals surface area contributed by atoms with Crippen LogP contribution in [-0.4, -0.2) is 17.2 Å². The van der Waals surface area contributed by atoms with Crippen molar-refractivity contribution in [2.45, 2.75) is 0 Å². The summed E-state index contributed by atoms with van der Waals surface area (Å²) in [4.78, 5) is 0. The lowest BCUT2D eigenvalue weighted by atomic mass is 10.5. The van der Waals surface area contributed by atoms with E-state index in [0.717, 1.165) is 0 Å². The second-order valence-electron chi connectivity index (χ2n) is 1.61. The summed E-state index contributed by atoms with van der Waals surface area (Å²) >= 11 is 11.2. The molecule has 0 aliphatic rings. The van der Waals surface area contributed by atoms with Crippen molar-refractivity contribution >= 4 is 28.9 Å². The molecule has 3 nitrogen and oxygen atoms in total. The second-order valence-corrected chi connectivity index (χ2v) is 2.35. The summed E-state index contributed by atoms with van der Waals surface area (Å²) in [7, 11) is 1.74. The molecule has 0 saturated heterocycles. The monoisotopic (exact) mass is 177 g/mol. The van der Waals surface area contributed by atoms with Gasteiger partial charge in [-0.3, -0.25) is 0 Å². The average molecular weight is 178 g/mol. The quantitative estimate of drug-likeness (QED) is 0.712. The molecule has 1 rings (SSSR count). The number of halogens is 2. The zero-order valence-corrected chi connectivity index (χ0v) is 6.74. The molecule has 0 radical (unpaired) electrons. The second kappa shape index (κ2) is 3.03. The summed E-state index contributed by atoms with van der Waals surface area (Å²) in [5.41, 5.74) is 0.682. The Labute approximate surface area is 68.4 Å². The summed E-state index contributed by atoms with van der Waals surface area (Å²) in [6, 6.07) is 0. The summed E-state index contributed by atoms with van der Waals surface area (Å²) < 4.78 is 0. The van der Waals surface area contributed by atoms with E-state index in [1.54, 1.807) is 7.05 Å². The highest BCUT2D eigenvalue weighted by Gasteiger charge is 2.02. The van der Waals surface area contributed by atoms with E-state index in [1.807, 2.05) is 0 Å². The largest absolute Gasteiger partial charge is 0.386 e. The van der Waals surface area contributed by atoms with Crippen molar-refractivity contribution in [1.29, 1.82) is 0 Å². The van der Waals surface area contributed by atoms with E-state index < -0.39 is 0 Å². The third kappa shape index (κ3) is 1.30. The first kappa shape index (κ1) is 7.57. The molecule has 0 fully saturated rings. The van der Waals surface area contributed by atoms with Crippen molar-refractivity contribution in [1.82, 2.24) is 10.2 Å². The van der Waals surface area contributed by atoms with Crippen LogP contribution in [0, 0.1) is 0 Å². The maximum absolute atomic E-state index is 5.70. The van der Waals surface area contributed by atoms with Gasteiger partial charge in [-0.2, -0.15) is 5.10 Å². The predicted molar refractivity (Wildman–Crippen MR) is 41.6 cm³/mol. The maximum Gasteiger partial charge on any atom is 0.172 e. The van der Waals surface area contributed by atoms with Crippen molar-refractivity contribution < 1.29 is 0 Å². The van der Waals surface area contributed by atoms with Crippen LogP contribution in [0.1, 0.15) is 0 Å². The Morgan fingerprint density at radius 3 is 2.70 bits per heavy atom. The molecule has 1 N–H and O–H groups in total. The van der Waals surface area contributed by atoms with Crippen LogP contribution in [0.4, 0.5) is 5.69 Å². The molecule has 0 aromatic carbocycles. The van der Waals surface area contributed by atoms with Gasteiger partial charge in [-0.15, -0.1) is 5.10 Å². The Bertz CT molecular complexity index is 238. The first-order valence-electron chi connectivity index (χ1n) is 2.60. The lowest BCUT2D eigenvalue weighted by Gasteiger charge is -2.00. The normalized spacial score (nSPS) is 9.50. The third-order valence-corrected chi connectivity index (χ3v) is 1.76. The van der Waals surface area contributed by atoms with Crippen LogP contribution >= 0.6 is 23.2 Å². The first-order valence-corrected chi connectivity index (χ1v) is 3.35. The van der Waals surface area contributed by atoms with E-state index >= 15 is 0 Å². The van der Waals surface area contributed by atoms with Crippen molar-refractivity contribution in [3.05, 3.63) is 16.4 Å². The van der Waals surface area contributed by atoms with Gasteiger partial charge in [0.05, 0.1) is 11.9 Å². The maximum atomic E-state index is 5.70. The highest BCUT2D eigenvalue weighted by Crippen LogP contribution is 2.25. The summed E-state index contributed by atoms with van der Waals surface area (Å²) in [5.74, 6) is 0. The lowest BCUT2D eigenvalue weighted by molar-refractivity contribution is 1.03. The van der Waals surface area contributed by atoms with Crippen LogP contribution in [0.3, 0.4) is 0 Å². The number of hydrogen-bond acceptors (Lipinski definition) is 3. The minimum absolute atomic E-state index is 0.216. The highest BCUT2D eigenvalue weighted by molar-refractivity contribution is 6.42. The molecule has 5 heteroatoms. The van der Waals surface area contributed by atoms with E-state index in [0.29, 0.717) is 10.7 Å². The van der Waals surface area contributed by atoms with Crippen LogP contribution < -0.4 is 5.32 Å². The van der Waals surface area contributed by atoms with Crippen LogP contribution in [-0.2, 0) is 0 Å². The number of aromatic nitrogens is 2. The summed E-state index contributed by atoms with van der Waals surface area (Å²) in [6.45, 7) is 0. The molecule has 54 valence electrons. The van der Waals surface area contributed by atoms with Gasteiger partial charge >= 0.3 is 0 Å². The van der Waals surface area contributed by atoms with Crippen molar-refractivity contribution in [2.75, 3.05) is 12.4 Å². The molecule has 10 heavy (non-hydrogen) atoms. The Kier molecular flexibility index (Phi) is 2.29. The standard InChI is InChI=1S/C5H5Cl2N3/c1-8-3-2-9-10-5(7)4(3)6/h2H,1H3,(H,8,10). The van der Waals surface area contributed by atoms with Crippen molar-refractivity contribution in [3.63, 3.8) is 0 Å². The van der Waals surface area contributed by atoms with Crippen molar-refractivity contribution in [2.24, 2.45) is 0 Å². The molecule has 1 aromatic rings. The minimum atomic E-state index is 0.216. The fourth-order valence-electron chi connectivity index (χ4n) is 0.523. The van der Waals surface area contributed by atoms with E-state index in [-0.39, 0.29) is 5.15 Å². The Hall–Kier alpha value is -0.540. The van der Waals surface area contributed by atoms with E-state index in [9.17, 15) is 0 Å². The topological polar surface area (TPSA) is 37.8 Å². The van der Waals surface area contributed by atoms with Crippen molar-refractivity contribution in [3.8, 4) is 0 Å². The molecule has 1 heterocycles. The molecule has 0 amide bonds. The molecular formula is C5H5Cl2N3. The van der Waals surface area contributed by atoms with E-state index in [4.69, 9.17) is 23.2 Å². The van der Waals surface area contributed by atoms with Crippen LogP contribution in [0.15, 0.2) is 6.20 Å². The number of anilines is 1. The SMILES string of the molecule is CNc1cnnc(Cl)c1Cl. The Morgan fingerprint density at radius 1 is 1.50 bits per heavy atom. The number of hydrogen-bond donors (Lipinski definition) is 1. The number of nitrogens with one attached hydrogen (secondary N) is 1. The van der Waals surface area contributed by atoms with E-state index in [2.05, 4.69) is 15.5 Å². The van der Waals surface area contributed by atoms with Gasteiger partial charge < -0.3 is 5.32 Å². The summed E-state index contributed by atoms with van der Waals surface area (Å²) in [6.07, 6.45) is 1.51. The van der Waals surface area contributed by atoms with Crippen LogP contribution in [0.2, 0.25) is 10.2 Å². The van der Waals surface area contributed by atoms with Gasteiger partial charge in [0.2, 0.25) is 0 Å². The van der Waals surface area contributed by atoms with Gasteiger partial charge in [0.25, 0.3) is 0 Å². The number of rotatable bonds is 1. The average Bonchev–Trinajstić information content (AvgIpc) is 1.95. The molecule has 0 bridgehead atoms. The zero-order valence-electron chi connectivity index (χ0n) is 5.23. The molecule has 0 unspecified atom stereocenters.